The summed E-state index contributed by atoms with van der Waals surface area (Å²) in [6, 6.07) is 6.93. The first-order valence-electron chi connectivity index (χ1n) is 7.72. The maximum absolute atomic E-state index is 12.5. The van der Waals surface area contributed by atoms with Gasteiger partial charge in [-0.15, -0.1) is 6.58 Å². The molecular weight excluding hydrogens is 292 g/mol. The summed E-state index contributed by atoms with van der Waals surface area (Å²) in [4.78, 5) is 26.3. The highest BCUT2D eigenvalue weighted by Crippen LogP contribution is 2.16. The summed E-state index contributed by atoms with van der Waals surface area (Å²) in [5.74, 6) is 0.338. The van der Waals surface area contributed by atoms with E-state index in [2.05, 4.69) is 11.9 Å². The zero-order chi connectivity index (χ0) is 17.4. The molecule has 126 valence electrons. The van der Waals surface area contributed by atoms with Gasteiger partial charge < -0.3 is 15.0 Å². The van der Waals surface area contributed by atoms with Crippen molar-refractivity contribution >= 4 is 11.8 Å². The third-order valence-electron chi connectivity index (χ3n) is 3.56. The van der Waals surface area contributed by atoms with Crippen LogP contribution < -0.4 is 10.1 Å². The molecule has 5 heteroatoms. The van der Waals surface area contributed by atoms with Crippen LogP contribution in [0.3, 0.4) is 0 Å². The van der Waals surface area contributed by atoms with Gasteiger partial charge in [0.15, 0.2) is 0 Å². The lowest BCUT2D eigenvalue weighted by Crippen LogP contribution is -2.48. The zero-order valence-electron chi connectivity index (χ0n) is 14.3. The first-order chi connectivity index (χ1) is 10.9. The van der Waals surface area contributed by atoms with Crippen LogP contribution in [-0.2, 0) is 16.1 Å². The lowest BCUT2D eigenvalue weighted by Gasteiger charge is -2.30. The number of amides is 2. The second-order valence-corrected chi connectivity index (χ2v) is 5.68. The van der Waals surface area contributed by atoms with E-state index in [1.165, 1.54) is 0 Å². The van der Waals surface area contributed by atoms with Crippen molar-refractivity contribution in [1.29, 1.82) is 0 Å². The Balaban J connectivity index is 2.92. The second kappa shape index (κ2) is 8.98. The van der Waals surface area contributed by atoms with Crippen LogP contribution in [0.15, 0.2) is 36.9 Å². The van der Waals surface area contributed by atoms with Gasteiger partial charge in [-0.1, -0.05) is 32.1 Å². The summed E-state index contributed by atoms with van der Waals surface area (Å²) in [5.41, 5.74) is 0.947. The highest BCUT2D eigenvalue weighted by Gasteiger charge is 2.27. The number of nitrogens with one attached hydrogen (secondary N) is 1. The SMILES string of the molecule is C=CCNC(=O)C(C)N(Cc1ccc(OC)cc1)C(=O)C(C)C. The number of carbonyl (C=O) groups is 2. The van der Waals surface area contributed by atoms with E-state index in [4.69, 9.17) is 4.74 Å². The fourth-order valence-corrected chi connectivity index (χ4v) is 2.13. The van der Waals surface area contributed by atoms with Gasteiger partial charge in [-0.05, 0) is 24.6 Å². The molecule has 0 aliphatic heterocycles. The fourth-order valence-electron chi connectivity index (χ4n) is 2.13. The van der Waals surface area contributed by atoms with Gasteiger partial charge in [0.25, 0.3) is 0 Å². The number of benzene rings is 1. The molecule has 1 aromatic rings. The Hall–Kier alpha value is -2.30. The average Bonchev–Trinajstić information content (AvgIpc) is 2.56. The van der Waals surface area contributed by atoms with Crippen LogP contribution in [0.4, 0.5) is 0 Å². The Morgan fingerprint density at radius 3 is 2.35 bits per heavy atom. The monoisotopic (exact) mass is 318 g/mol. The Morgan fingerprint density at radius 2 is 1.87 bits per heavy atom. The standard InChI is InChI=1S/C18H26N2O3/c1-6-11-19-17(21)14(4)20(18(22)13(2)3)12-15-7-9-16(23-5)10-8-15/h6-10,13-14H,1,11-12H2,2-5H3,(H,19,21). The van der Waals surface area contributed by atoms with E-state index in [0.29, 0.717) is 13.1 Å². The minimum absolute atomic E-state index is 0.0536. The van der Waals surface area contributed by atoms with Crippen molar-refractivity contribution in [3.63, 3.8) is 0 Å². The molecule has 1 atom stereocenters. The zero-order valence-corrected chi connectivity index (χ0v) is 14.3. The van der Waals surface area contributed by atoms with Crippen molar-refractivity contribution in [1.82, 2.24) is 10.2 Å². The van der Waals surface area contributed by atoms with Crippen LogP contribution in [0.2, 0.25) is 0 Å². The van der Waals surface area contributed by atoms with Gasteiger partial charge in [0, 0.05) is 19.0 Å². The topological polar surface area (TPSA) is 58.6 Å². The van der Waals surface area contributed by atoms with Crippen molar-refractivity contribution < 1.29 is 14.3 Å². The summed E-state index contributed by atoms with van der Waals surface area (Å²) in [7, 11) is 1.61. The largest absolute Gasteiger partial charge is 0.497 e. The van der Waals surface area contributed by atoms with Crippen molar-refractivity contribution in [2.75, 3.05) is 13.7 Å². The smallest absolute Gasteiger partial charge is 0.242 e. The average molecular weight is 318 g/mol. The van der Waals surface area contributed by atoms with Gasteiger partial charge >= 0.3 is 0 Å². The molecule has 1 aromatic carbocycles. The fraction of sp³-hybridized carbons (Fsp3) is 0.444. The Labute approximate surface area is 138 Å². The third kappa shape index (κ3) is 5.43. The van der Waals surface area contributed by atoms with Crippen LogP contribution in [0, 0.1) is 5.92 Å². The molecule has 0 aliphatic rings. The number of hydrogen-bond acceptors (Lipinski definition) is 3. The molecule has 0 bridgehead atoms. The number of carbonyl (C=O) groups excluding carboxylic acids is 2. The van der Waals surface area contributed by atoms with Crippen molar-refractivity contribution in [2.24, 2.45) is 5.92 Å². The maximum atomic E-state index is 12.5. The molecule has 0 aromatic heterocycles. The molecule has 1 rings (SSSR count). The van der Waals surface area contributed by atoms with E-state index in [9.17, 15) is 9.59 Å². The molecule has 0 spiro atoms. The van der Waals surface area contributed by atoms with Gasteiger partial charge in [0.1, 0.15) is 11.8 Å². The number of ether oxygens (including phenoxy) is 1. The van der Waals surface area contributed by atoms with Crippen LogP contribution in [0.5, 0.6) is 5.75 Å². The molecule has 0 fully saturated rings. The van der Waals surface area contributed by atoms with Crippen LogP contribution >= 0.6 is 0 Å². The summed E-state index contributed by atoms with van der Waals surface area (Å²) in [6.07, 6.45) is 1.61. The quantitative estimate of drug-likeness (QED) is 0.749. The molecular formula is C18H26N2O3. The Kier molecular flexibility index (Phi) is 7.32. The lowest BCUT2D eigenvalue weighted by atomic mass is 10.1. The van der Waals surface area contributed by atoms with Crippen molar-refractivity contribution in [3.05, 3.63) is 42.5 Å². The molecule has 0 saturated heterocycles. The number of methoxy groups -OCH3 is 1. The van der Waals surface area contributed by atoms with E-state index < -0.39 is 6.04 Å². The molecule has 1 N–H and O–H groups in total. The van der Waals surface area contributed by atoms with Crippen LogP contribution in [0.1, 0.15) is 26.3 Å². The van der Waals surface area contributed by atoms with Gasteiger partial charge in [0.05, 0.1) is 7.11 Å². The van der Waals surface area contributed by atoms with Gasteiger partial charge in [0.2, 0.25) is 11.8 Å². The predicted octanol–water partition coefficient (Wildman–Crippen LogP) is 2.37. The Bertz CT molecular complexity index is 538. The molecule has 0 radical (unpaired) electrons. The highest BCUT2D eigenvalue weighted by atomic mass is 16.5. The number of rotatable bonds is 8. The summed E-state index contributed by atoms with van der Waals surface area (Å²) >= 11 is 0. The van der Waals surface area contributed by atoms with Crippen LogP contribution in [-0.4, -0.2) is 36.4 Å². The minimum Gasteiger partial charge on any atom is -0.497 e. The molecule has 1 unspecified atom stereocenters. The number of hydrogen-bond donors (Lipinski definition) is 1. The van der Waals surface area contributed by atoms with E-state index in [-0.39, 0.29) is 17.7 Å². The van der Waals surface area contributed by atoms with Crippen molar-refractivity contribution in [2.45, 2.75) is 33.4 Å². The maximum Gasteiger partial charge on any atom is 0.242 e. The normalized spacial score (nSPS) is 11.7. The molecule has 2 amide bonds. The van der Waals surface area contributed by atoms with Gasteiger partial charge in [-0.2, -0.15) is 0 Å². The first kappa shape index (κ1) is 18.7. The van der Waals surface area contributed by atoms with Gasteiger partial charge in [-0.3, -0.25) is 9.59 Å². The lowest BCUT2D eigenvalue weighted by molar-refractivity contribution is -0.142. The predicted molar refractivity (Wildman–Crippen MR) is 91.1 cm³/mol. The molecule has 0 aliphatic carbocycles. The third-order valence-corrected chi connectivity index (χ3v) is 3.56. The van der Waals surface area contributed by atoms with E-state index >= 15 is 0 Å². The molecule has 0 saturated carbocycles. The number of nitrogens with zero attached hydrogens (tertiary/aromatic N) is 1. The van der Waals surface area contributed by atoms with Gasteiger partial charge in [-0.25, -0.2) is 0 Å². The summed E-state index contributed by atoms with van der Waals surface area (Å²) in [5, 5.41) is 2.74. The van der Waals surface area contributed by atoms with Crippen LogP contribution in [0.25, 0.3) is 0 Å². The summed E-state index contributed by atoms with van der Waals surface area (Å²) < 4.78 is 5.14. The van der Waals surface area contributed by atoms with E-state index in [1.807, 2.05) is 38.1 Å². The Morgan fingerprint density at radius 1 is 1.26 bits per heavy atom. The van der Waals surface area contributed by atoms with E-state index in [0.717, 1.165) is 11.3 Å². The minimum atomic E-state index is -0.549. The molecule has 0 heterocycles. The second-order valence-electron chi connectivity index (χ2n) is 5.68. The van der Waals surface area contributed by atoms with E-state index in [1.54, 1.807) is 25.0 Å². The molecule has 5 nitrogen and oxygen atoms in total. The first-order valence-corrected chi connectivity index (χ1v) is 7.72. The molecule has 23 heavy (non-hydrogen) atoms. The van der Waals surface area contributed by atoms with Crippen molar-refractivity contribution in [3.8, 4) is 5.75 Å². The summed E-state index contributed by atoms with van der Waals surface area (Å²) in [6.45, 7) is 9.74. The highest BCUT2D eigenvalue weighted by molar-refractivity contribution is 5.88.